The van der Waals surface area contributed by atoms with E-state index in [9.17, 15) is 4.57 Å². The molecule has 0 bridgehead atoms. The molecule has 0 aliphatic heterocycles. The van der Waals surface area contributed by atoms with Crippen molar-refractivity contribution in [3.8, 4) is 11.1 Å². The van der Waals surface area contributed by atoms with Crippen molar-refractivity contribution in [3.05, 3.63) is 54.1 Å². The maximum Gasteiger partial charge on any atom is 0.363 e. The van der Waals surface area contributed by atoms with Crippen LogP contribution in [0.4, 0.5) is 0 Å². The molecule has 0 spiro atoms. The Morgan fingerprint density at radius 3 is 2.20 bits per heavy atom. The molecular weight excluding hydrogens is 203 g/mol. The first-order chi connectivity index (χ1) is 7.31. The second-order valence-electron chi connectivity index (χ2n) is 3.49. The van der Waals surface area contributed by atoms with Gasteiger partial charge in [-0.15, -0.1) is 0 Å². The molecule has 0 saturated carbocycles. The Morgan fingerprint density at radius 2 is 1.60 bits per heavy atom. The van der Waals surface area contributed by atoms with Gasteiger partial charge in [-0.3, -0.25) is 0 Å². The minimum absolute atomic E-state index is 0.369. The van der Waals surface area contributed by atoms with Gasteiger partial charge in [-0.2, -0.15) is 0 Å². The van der Waals surface area contributed by atoms with Crippen LogP contribution in [0.15, 0.2) is 48.5 Å². The fourth-order valence-electron chi connectivity index (χ4n) is 1.61. The van der Waals surface area contributed by atoms with Gasteiger partial charge in [0.15, 0.2) is 5.30 Å². The van der Waals surface area contributed by atoms with E-state index in [0.717, 1.165) is 5.30 Å². The highest BCUT2D eigenvalue weighted by atomic mass is 31.1. The minimum atomic E-state index is -0.369. The van der Waals surface area contributed by atoms with Crippen LogP contribution in [0.5, 0.6) is 0 Å². The van der Waals surface area contributed by atoms with Crippen molar-refractivity contribution in [2.24, 2.45) is 0 Å². The predicted octanol–water partition coefficient (Wildman–Crippen LogP) is 3.31. The lowest BCUT2D eigenvalue weighted by Crippen LogP contribution is -1.90. The summed E-state index contributed by atoms with van der Waals surface area (Å²) < 4.78 is 10.7. The Labute approximate surface area is 91.0 Å². The van der Waals surface area contributed by atoms with E-state index in [2.05, 4.69) is 19.1 Å². The topological polar surface area (TPSA) is 17.1 Å². The molecule has 15 heavy (non-hydrogen) atoms. The quantitative estimate of drug-likeness (QED) is 0.702. The van der Waals surface area contributed by atoms with E-state index >= 15 is 0 Å². The van der Waals surface area contributed by atoms with Crippen molar-refractivity contribution in [2.75, 3.05) is 0 Å². The van der Waals surface area contributed by atoms with Gasteiger partial charge in [0.25, 0.3) is 0 Å². The van der Waals surface area contributed by atoms with Gasteiger partial charge in [0, 0.05) is 0 Å². The largest absolute Gasteiger partial charge is 0.363 e. The van der Waals surface area contributed by atoms with Gasteiger partial charge >= 0.3 is 8.46 Å². The normalized spacial score (nSPS) is 10.5. The summed E-state index contributed by atoms with van der Waals surface area (Å²) in [6.07, 6.45) is 0. The lowest BCUT2D eigenvalue weighted by molar-refractivity contribution is 0.603. The molecule has 74 valence electrons. The van der Waals surface area contributed by atoms with Crippen LogP contribution in [0.1, 0.15) is 5.56 Å². The maximum atomic E-state index is 10.7. The molecule has 1 atom stereocenters. The molecule has 2 rings (SSSR count). The van der Waals surface area contributed by atoms with Crippen molar-refractivity contribution in [3.63, 3.8) is 0 Å². The first kappa shape index (κ1) is 10.1. The standard InChI is InChI=1S/C13H11OP/c1-10-4-2-3-5-13(10)11-6-8-12(15-14)9-7-11/h2-9H,1H3/p+1. The maximum absolute atomic E-state index is 10.7. The molecule has 0 saturated heterocycles. The summed E-state index contributed by atoms with van der Waals surface area (Å²) in [5.41, 5.74) is 3.67. The zero-order valence-corrected chi connectivity index (χ0v) is 9.53. The summed E-state index contributed by atoms with van der Waals surface area (Å²) in [4.78, 5) is 0. The molecular formula is C13H12OP+. The van der Waals surface area contributed by atoms with Crippen molar-refractivity contribution in [2.45, 2.75) is 6.92 Å². The highest BCUT2D eigenvalue weighted by Gasteiger charge is 2.03. The van der Waals surface area contributed by atoms with E-state index in [1.54, 1.807) is 0 Å². The minimum Gasteiger partial charge on any atom is -0.0707 e. The molecule has 2 aromatic rings. The summed E-state index contributed by atoms with van der Waals surface area (Å²) in [6.45, 7) is 2.10. The van der Waals surface area contributed by atoms with E-state index in [-0.39, 0.29) is 8.46 Å². The summed E-state index contributed by atoms with van der Waals surface area (Å²) in [5.74, 6) is 0. The number of aryl methyl sites for hydroxylation is 1. The van der Waals surface area contributed by atoms with E-state index in [0.29, 0.717) is 0 Å². The number of rotatable bonds is 2. The van der Waals surface area contributed by atoms with Crippen LogP contribution in [0, 0.1) is 6.92 Å². The van der Waals surface area contributed by atoms with Gasteiger partial charge in [0.05, 0.1) is 0 Å². The lowest BCUT2D eigenvalue weighted by Gasteiger charge is -2.04. The van der Waals surface area contributed by atoms with Crippen molar-refractivity contribution >= 4 is 13.8 Å². The summed E-state index contributed by atoms with van der Waals surface area (Å²) in [6, 6.07) is 16.1. The molecule has 2 aromatic carbocycles. The number of hydrogen-bond acceptors (Lipinski definition) is 1. The second kappa shape index (κ2) is 4.37. The summed E-state index contributed by atoms with van der Waals surface area (Å²) in [5, 5.41) is 0.868. The van der Waals surface area contributed by atoms with E-state index in [1.165, 1.54) is 16.7 Å². The summed E-state index contributed by atoms with van der Waals surface area (Å²) >= 11 is 0. The number of hydrogen-bond donors (Lipinski definition) is 0. The molecule has 2 heteroatoms. The Bertz CT molecular complexity index is 474. The van der Waals surface area contributed by atoms with Crippen LogP contribution in [0.2, 0.25) is 0 Å². The molecule has 0 fully saturated rings. The van der Waals surface area contributed by atoms with Crippen LogP contribution in [0.25, 0.3) is 11.1 Å². The monoisotopic (exact) mass is 215 g/mol. The van der Waals surface area contributed by atoms with Gasteiger partial charge in [-0.1, -0.05) is 28.8 Å². The molecule has 0 radical (unpaired) electrons. The molecule has 0 heterocycles. The predicted molar refractivity (Wildman–Crippen MR) is 65.3 cm³/mol. The van der Waals surface area contributed by atoms with Crippen LogP contribution in [-0.4, -0.2) is 0 Å². The molecule has 0 aromatic heterocycles. The van der Waals surface area contributed by atoms with Crippen LogP contribution in [0.3, 0.4) is 0 Å². The molecule has 0 aliphatic carbocycles. The zero-order chi connectivity index (χ0) is 10.7. The van der Waals surface area contributed by atoms with Crippen LogP contribution in [-0.2, 0) is 4.57 Å². The Balaban J connectivity index is 2.46. The number of benzene rings is 2. The lowest BCUT2D eigenvalue weighted by atomic mass is 10.0. The summed E-state index contributed by atoms with van der Waals surface area (Å²) in [7, 11) is -0.369. The molecule has 1 unspecified atom stereocenters. The van der Waals surface area contributed by atoms with E-state index in [1.807, 2.05) is 36.4 Å². The third kappa shape index (κ3) is 2.14. The second-order valence-corrected chi connectivity index (χ2v) is 4.28. The van der Waals surface area contributed by atoms with Crippen molar-refractivity contribution < 1.29 is 4.57 Å². The van der Waals surface area contributed by atoms with E-state index in [4.69, 9.17) is 0 Å². The van der Waals surface area contributed by atoms with Crippen molar-refractivity contribution in [1.82, 2.24) is 0 Å². The fourth-order valence-corrected chi connectivity index (χ4v) is 1.92. The van der Waals surface area contributed by atoms with Gasteiger partial charge in [0.2, 0.25) is 0 Å². The van der Waals surface area contributed by atoms with Crippen LogP contribution >= 0.6 is 8.46 Å². The van der Waals surface area contributed by atoms with Crippen LogP contribution < -0.4 is 5.30 Å². The Morgan fingerprint density at radius 1 is 0.933 bits per heavy atom. The van der Waals surface area contributed by atoms with Gasteiger partial charge < -0.3 is 0 Å². The molecule has 0 N–H and O–H groups in total. The first-order valence-corrected chi connectivity index (χ1v) is 5.76. The van der Waals surface area contributed by atoms with Gasteiger partial charge in [-0.25, -0.2) is 0 Å². The third-order valence-electron chi connectivity index (χ3n) is 2.46. The Hall–Kier alpha value is -1.46. The zero-order valence-electron chi connectivity index (χ0n) is 8.53. The van der Waals surface area contributed by atoms with E-state index < -0.39 is 0 Å². The average molecular weight is 215 g/mol. The first-order valence-electron chi connectivity index (χ1n) is 4.85. The molecule has 1 nitrogen and oxygen atoms in total. The third-order valence-corrected chi connectivity index (χ3v) is 3.03. The van der Waals surface area contributed by atoms with Gasteiger partial charge in [0.1, 0.15) is 0 Å². The highest BCUT2D eigenvalue weighted by molar-refractivity contribution is 7.34. The molecule has 0 aliphatic rings. The fraction of sp³-hybridized carbons (Fsp3) is 0.0769. The molecule has 0 amide bonds. The highest BCUT2D eigenvalue weighted by Crippen LogP contribution is 2.22. The smallest absolute Gasteiger partial charge is 0.0707 e. The Kier molecular flexibility index (Phi) is 2.94. The SMILES string of the molecule is Cc1ccccc1-c1ccc([PH+]=O)cc1. The van der Waals surface area contributed by atoms with Gasteiger partial charge in [-0.05, 0) is 47.9 Å². The van der Waals surface area contributed by atoms with Crippen molar-refractivity contribution in [1.29, 1.82) is 0 Å². The average Bonchev–Trinajstić information content (AvgIpc) is 2.30.